The van der Waals surface area contributed by atoms with Gasteiger partial charge >= 0.3 is 5.97 Å². The number of ether oxygens (including phenoxy) is 1. The molecule has 0 bridgehead atoms. The molecule has 0 aliphatic carbocycles. The molecule has 22 heavy (non-hydrogen) atoms. The molecule has 2 rings (SSSR count). The van der Waals surface area contributed by atoms with Crippen molar-refractivity contribution in [3.05, 3.63) is 35.4 Å². The van der Waals surface area contributed by atoms with Crippen LogP contribution in [0.2, 0.25) is 0 Å². The summed E-state index contributed by atoms with van der Waals surface area (Å²) in [6.07, 6.45) is 3.57. The zero-order valence-corrected chi connectivity index (χ0v) is 13.5. The van der Waals surface area contributed by atoms with Crippen molar-refractivity contribution in [1.29, 1.82) is 0 Å². The predicted octanol–water partition coefficient (Wildman–Crippen LogP) is 2.03. The number of benzene rings is 1. The van der Waals surface area contributed by atoms with Crippen molar-refractivity contribution in [3.8, 4) is 0 Å². The number of hydrogen-bond donors (Lipinski definition) is 0. The molecule has 120 valence electrons. The Bertz CT molecular complexity index is 544. The van der Waals surface area contributed by atoms with E-state index >= 15 is 0 Å². The van der Waals surface area contributed by atoms with E-state index in [1.807, 2.05) is 7.05 Å². The Morgan fingerprint density at radius 1 is 1.32 bits per heavy atom. The Morgan fingerprint density at radius 3 is 2.73 bits per heavy atom. The summed E-state index contributed by atoms with van der Waals surface area (Å²) in [5, 5.41) is 0. The van der Waals surface area contributed by atoms with Crippen molar-refractivity contribution in [2.75, 3.05) is 34.3 Å². The van der Waals surface area contributed by atoms with Gasteiger partial charge in [-0.3, -0.25) is 4.79 Å². The first kappa shape index (κ1) is 16.5. The Hall–Kier alpha value is -1.88. The molecule has 0 unspecified atom stereocenters. The van der Waals surface area contributed by atoms with Crippen LogP contribution in [0, 0.1) is 0 Å². The molecule has 1 aromatic rings. The lowest BCUT2D eigenvalue weighted by molar-refractivity contribution is 0.0600. The number of carbonyl (C=O) groups is 2. The number of esters is 1. The number of methoxy groups -OCH3 is 1. The first-order valence-electron chi connectivity index (χ1n) is 7.67. The maximum Gasteiger partial charge on any atom is 0.337 e. The number of likely N-dealkylation sites (tertiary alicyclic amines) is 1. The van der Waals surface area contributed by atoms with E-state index in [9.17, 15) is 9.59 Å². The van der Waals surface area contributed by atoms with Crippen molar-refractivity contribution in [3.63, 3.8) is 0 Å². The lowest BCUT2D eigenvalue weighted by Gasteiger charge is -2.35. The second-order valence-corrected chi connectivity index (χ2v) is 5.89. The molecule has 1 aromatic carbocycles. The summed E-state index contributed by atoms with van der Waals surface area (Å²) in [6.45, 7) is 1.79. The van der Waals surface area contributed by atoms with Gasteiger partial charge in [0.1, 0.15) is 0 Å². The number of amides is 1. The molecule has 1 heterocycles. The van der Waals surface area contributed by atoms with Gasteiger partial charge in [-0.05, 0) is 44.6 Å². The Balaban J connectivity index is 2.05. The van der Waals surface area contributed by atoms with Crippen LogP contribution in [0.25, 0.3) is 0 Å². The Morgan fingerprint density at radius 2 is 2.05 bits per heavy atom. The van der Waals surface area contributed by atoms with Crippen LogP contribution in [0.5, 0.6) is 0 Å². The standard InChI is InChI=1S/C17H24N2O3/c1-18-10-5-4-9-15(18)12-19(2)16(20)13-7-6-8-14(11-13)17(21)22-3/h6-8,11,15H,4-5,9-10,12H2,1-3H3/t15-/m0/s1. The zero-order chi connectivity index (χ0) is 16.1. The average Bonchev–Trinajstić information content (AvgIpc) is 2.55. The summed E-state index contributed by atoms with van der Waals surface area (Å²) in [5.41, 5.74) is 0.917. The second-order valence-electron chi connectivity index (χ2n) is 5.89. The third-order valence-corrected chi connectivity index (χ3v) is 4.28. The van der Waals surface area contributed by atoms with Crippen molar-refractivity contribution < 1.29 is 14.3 Å². The van der Waals surface area contributed by atoms with Crippen LogP contribution in [0.4, 0.5) is 0 Å². The van der Waals surface area contributed by atoms with E-state index in [0.717, 1.165) is 13.0 Å². The zero-order valence-electron chi connectivity index (χ0n) is 13.5. The molecule has 1 amide bonds. The van der Waals surface area contributed by atoms with E-state index in [0.29, 0.717) is 23.7 Å². The molecule has 0 saturated carbocycles. The third-order valence-electron chi connectivity index (χ3n) is 4.28. The largest absolute Gasteiger partial charge is 0.465 e. The molecular weight excluding hydrogens is 280 g/mol. The van der Waals surface area contributed by atoms with Gasteiger partial charge in [-0.2, -0.15) is 0 Å². The lowest BCUT2D eigenvalue weighted by atomic mass is 10.0. The van der Waals surface area contributed by atoms with Gasteiger partial charge in [-0.15, -0.1) is 0 Å². The number of hydrogen-bond acceptors (Lipinski definition) is 4. The fourth-order valence-corrected chi connectivity index (χ4v) is 2.89. The van der Waals surface area contributed by atoms with E-state index < -0.39 is 5.97 Å². The third kappa shape index (κ3) is 3.85. The van der Waals surface area contributed by atoms with Gasteiger partial charge in [0, 0.05) is 25.2 Å². The molecule has 1 fully saturated rings. The number of likely N-dealkylation sites (N-methyl/N-ethyl adjacent to an activating group) is 2. The fraction of sp³-hybridized carbons (Fsp3) is 0.529. The van der Waals surface area contributed by atoms with Crippen LogP contribution in [0.3, 0.4) is 0 Å². The summed E-state index contributed by atoms with van der Waals surface area (Å²) in [4.78, 5) is 28.2. The van der Waals surface area contributed by atoms with E-state index in [4.69, 9.17) is 4.74 Å². The highest BCUT2D eigenvalue weighted by atomic mass is 16.5. The van der Waals surface area contributed by atoms with Gasteiger partial charge in [-0.25, -0.2) is 4.79 Å². The molecule has 5 nitrogen and oxygen atoms in total. The van der Waals surface area contributed by atoms with E-state index in [1.54, 1.807) is 29.2 Å². The molecule has 5 heteroatoms. The van der Waals surface area contributed by atoms with Gasteiger partial charge < -0.3 is 14.5 Å². The van der Waals surface area contributed by atoms with Gasteiger partial charge in [0.15, 0.2) is 0 Å². The highest BCUT2D eigenvalue weighted by Crippen LogP contribution is 2.17. The molecule has 0 spiro atoms. The lowest BCUT2D eigenvalue weighted by Crippen LogP contribution is -2.45. The first-order chi connectivity index (χ1) is 10.5. The minimum atomic E-state index is -0.427. The minimum Gasteiger partial charge on any atom is -0.465 e. The molecule has 0 radical (unpaired) electrons. The molecule has 1 saturated heterocycles. The van der Waals surface area contributed by atoms with Gasteiger partial charge in [0.2, 0.25) is 0 Å². The van der Waals surface area contributed by atoms with Crippen LogP contribution in [0.1, 0.15) is 40.0 Å². The molecule has 0 aromatic heterocycles. The monoisotopic (exact) mass is 304 g/mol. The summed E-state index contributed by atoms with van der Waals surface area (Å²) < 4.78 is 4.70. The molecular formula is C17H24N2O3. The highest BCUT2D eigenvalue weighted by molar-refractivity contribution is 5.97. The van der Waals surface area contributed by atoms with Crippen molar-refractivity contribution >= 4 is 11.9 Å². The summed E-state index contributed by atoms with van der Waals surface area (Å²) in [6, 6.07) is 7.09. The molecule has 1 aliphatic rings. The number of piperidine rings is 1. The smallest absolute Gasteiger partial charge is 0.337 e. The normalized spacial score (nSPS) is 18.8. The molecule has 1 aliphatic heterocycles. The molecule has 0 N–H and O–H groups in total. The highest BCUT2D eigenvalue weighted by Gasteiger charge is 2.23. The first-order valence-corrected chi connectivity index (χ1v) is 7.67. The van der Waals surface area contributed by atoms with Crippen LogP contribution in [0.15, 0.2) is 24.3 Å². The van der Waals surface area contributed by atoms with E-state index in [-0.39, 0.29) is 5.91 Å². The average molecular weight is 304 g/mol. The Kier molecular flexibility index (Phi) is 5.55. The van der Waals surface area contributed by atoms with Gasteiger partial charge in [-0.1, -0.05) is 12.5 Å². The van der Waals surface area contributed by atoms with Crippen LogP contribution >= 0.6 is 0 Å². The van der Waals surface area contributed by atoms with Crippen molar-refractivity contribution in [2.45, 2.75) is 25.3 Å². The summed E-state index contributed by atoms with van der Waals surface area (Å²) in [7, 11) is 5.26. The SMILES string of the molecule is COC(=O)c1cccc(C(=O)N(C)C[C@@H]2CCCCN2C)c1. The number of carbonyl (C=O) groups excluding carboxylic acids is 2. The Labute approximate surface area is 131 Å². The van der Waals surface area contributed by atoms with Gasteiger partial charge in [0.25, 0.3) is 5.91 Å². The fourth-order valence-electron chi connectivity index (χ4n) is 2.89. The number of rotatable bonds is 4. The van der Waals surface area contributed by atoms with E-state index in [1.165, 1.54) is 20.0 Å². The number of nitrogens with zero attached hydrogens (tertiary/aromatic N) is 2. The van der Waals surface area contributed by atoms with Crippen LogP contribution in [-0.4, -0.2) is 62.0 Å². The maximum absolute atomic E-state index is 12.5. The predicted molar refractivity (Wildman–Crippen MR) is 85.0 cm³/mol. The van der Waals surface area contributed by atoms with E-state index in [2.05, 4.69) is 11.9 Å². The quantitative estimate of drug-likeness (QED) is 0.799. The topological polar surface area (TPSA) is 49.9 Å². The maximum atomic E-state index is 12.5. The van der Waals surface area contributed by atoms with Crippen LogP contribution in [-0.2, 0) is 4.74 Å². The minimum absolute atomic E-state index is 0.0651. The second kappa shape index (κ2) is 7.40. The van der Waals surface area contributed by atoms with Gasteiger partial charge in [0.05, 0.1) is 12.7 Å². The van der Waals surface area contributed by atoms with Crippen molar-refractivity contribution in [1.82, 2.24) is 9.80 Å². The van der Waals surface area contributed by atoms with Crippen molar-refractivity contribution in [2.24, 2.45) is 0 Å². The molecule has 1 atom stereocenters. The summed E-state index contributed by atoms with van der Waals surface area (Å²) in [5.74, 6) is -0.492. The summed E-state index contributed by atoms with van der Waals surface area (Å²) >= 11 is 0. The van der Waals surface area contributed by atoms with Crippen LogP contribution < -0.4 is 0 Å².